The maximum Gasteiger partial charge on any atom is 0.221 e. The van der Waals surface area contributed by atoms with Crippen molar-refractivity contribution in [1.82, 2.24) is 10.6 Å². The number of aryl methyl sites for hydroxylation is 1. The Morgan fingerprint density at radius 3 is 2.62 bits per heavy atom. The molecule has 0 radical (unpaired) electrons. The molecule has 3 heteroatoms. The van der Waals surface area contributed by atoms with Gasteiger partial charge in [0.25, 0.3) is 0 Å². The first-order chi connectivity index (χ1) is 7.83. The van der Waals surface area contributed by atoms with Crippen LogP contribution in [0.1, 0.15) is 18.4 Å². The van der Waals surface area contributed by atoms with E-state index in [1.165, 1.54) is 5.56 Å². The third-order valence-corrected chi connectivity index (χ3v) is 2.41. The predicted octanol–water partition coefficient (Wildman–Crippen LogP) is 1.34. The van der Waals surface area contributed by atoms with Gasteiger partial charge in [-0.15, -0.1) is 0 Å². The van der Waals surface area contributed by atoms with Gasteiger partial charge in [-0.05, 0) is 25.5 Å². The summed E-state index contributed by atoms with van der Waals surface area (Å²) in [4.78, 5) is 11.3. The van der Waals surface area contributed by atoms with Crippen molar-refractivity contribution in [3.05, 3.63) is 35.9 Å². The van der Waals surface area contributed by atoms with Gasteiger partial charge in [0.05, 0.1) is 0 Å². The topological polar surface area (TPSA) is 41.1 Å². The lowest BCUT2D eigenvalue weighted by atomic mass is 10.1. The molecule has 2 N–H and O–H groups in total. The fraction of sp³-hybridized carbons (Fsp3) is 0.462. The molecule has 0 aliphatic heterocycles. The first-order valence-electron chi connectivity index (χ1n) is 5.78. The Bertz CT molecular complexity index is 298. The number of hydrogen-bond donors (Lipinski definition) is 2. The van der Waals surface area contributed by atoms with Gasteiger partial charge in [-0.3, -0.25) is 4.79 Å². The van der Waals surface area contributed by atoms with Crippen LogP contribution in [0.25, 0.3) is 0 Å². The third-order valence-electron chi connectivity index (χ3n) is 2.41. The van der Waals surface area contributed by atoms with Crippen molar-refractivity contribution in [3.63, 3.8) is 0 Å². The molecule has 1 aromatic rings. The van der Waals surface area contributed by atoms with E-state index >= 15 is 0 Å². The van der Waals surface area contributed by atoms with Crippen LogP contribution in [0.4, 0.5) is 0 Å². The number of nitrogens with one attached hydrogen (secondary N) is 2. The monoisotopic (exact) mass is 220 g/mol. The molecule has 0 aliphatic rings. The minimum Gasteiger partial charge on any atom is -0.356 e. The van der Waals surface area contributed by atoms with E-state index in [4.69, 9.17) is 0 Å². The standard InChI is InChI=1S/C13H20N2O/c1-14-11-9-13(16)15-10-5-8-12-6-3-2-4-7-12/h2-4,6-7,14H,5,8-11H2,1H3,(H,15,16). The minimum absolute atomic E-state index is 0.127. The largest absolute Gasteiger partial charge is 0.356 e. The van der Waals surface area contributed by atoms with E-state index in [-0.39, 0.29) is 5.91 Å². The molecular formula is C13H20N2O. The number of rotatable bonds is 7. The van der Waals surface area contributed by atoms with Gasteiger partial charge in [-0.2, -0.15) is 0 Å². The molecule has 0 spiro atoms. The number of benzene rings is 1. The first-order valence-corrected chi connectivity index (χ1v) is 5.78. The normalized spacial score (nSPS) is 10.1. The summed E-state index contributed by atoms with van der Waals surface area (Å²) >= 11 is 0. The average Bonchev–Trinajstić information content (AvgIpc) is 2.33. The predicted molar refractivity (Wildman–Crippen MR) is 66.3 cm³/mol. The van der Waals surface area contributed by atoms with Crippen LogP contribution in [0.2, 0.25) is 0 Å². The van der Waals surface area contributed by atoms with E-state index in [0.717, 1.165) is 25.9 Å². The average molecular weight is 220 g/mol. The van der Waals surface area contributed by atoms with Gasteiger partial charge in [-0.25, -0.2) is 0 Å². The highest BCUT2D eigenvalue weighted by Crippen LogP contribution is 2.01. The first kappa shape index (κ1) is 12.7. The van der Waals surface area contributed by atoms with Gasteiger partial charge in [0.15, 0.2) is 0 Å². The van der Waals surface area contributed by atoms with Crippen molar-refractivity contribution in [2.45, 2.75) is 19.3 Å². The Balaban J connectivity index is 2.06. The summed E-state index contributed by atoms with van der Waals surface area (Å²) in [6.45, 7) is 1.50. The molecule has 0 heterocycles. The molecule has 88 valence electrons. The highest BCUT2D eigenvalue weighted by atomic mass is 16.1. The van der Waals surface area contributed by atoms with E-state index in [9.17, 15) is 4.79 Å². The molecule has 0 aromatic heterocycles. The van der Waals surface area contributed by atoms with Crippen molar-refractivity contribution in [3.8, 4) is 0 Å². The van der Waals surface area contributed by atoms with E-state index in [2.05, 4.69) is 22.8 Å². The molecule has 3 nitrogen and oxygen atoms in total. The van der Waals surface area contributed by atoms with Gasteiger partial charge >= 0.3 is 0 Å². The molecule has 1 aromatic carbocycles. The molecule has 1 rings (SSSR count). The zero-order chi connectivity index (χ0) is 11.6. The van der Waals surface area contributed by atoms with Crippen LogP contribution in [0.5, 0.6) is 0 Å². The zero-order valence-electron chi connectivity index (χ0n) is 9.83. The molecule has 0 saturated carbocycles. The lowest BCUT2D eigenvalue weighted by molar-refractivity contribution is -0.120. The molecule has 0 atom stereocenters. The highest BCUT2D eigenvalue weighted by Gasteiger charge is 1.98. The lowest BCUT2D eigenvalue weighted by Crippen LogP contribution is -2.27. The SMILES string of the molecule is CNCCC(=O)NCCCc1ccccc1. The van der Waals surface area contributed by atoms with Crippen molar-refractivity contribution in [1.29, 1.82) is 0 Å². The number of amides is 1. The van der Waals surface area contributed by atoms with Crippen molar-refractivity contribution < 1.29 is 4.79 Å². The summed E-state index contributed by atoms with van der Waals surface area (Å²) in [7, 11) is 1.85. The smallest absolute Gasteiger partial charge is 0.221 e. The second-order valence-corrected chi connectivity index (χ2v) is 3.79. The van der Waals surface area contributed by atoms with Crippen LogP contribution in [-0.2, 0) is 11.2 Å². The van der Waals surface area contributed by atoms with Crippen LogP contribution < -0.4 is 10.6 Å². The number of carbonyl (C=O) groups excluding carboxylic acids is 1. The second-order valence-electron chi connectivity index (χ2n) is 3.79. The van der Waals surface area contributed by atoms with Crippen molar-refractivity contribution in [2.24, 2.45) is 0 Å². The second kappa shape index (κ2) is 7.88. The Labute approximate surface area is 97.2 Å². The Kier molecular flexibility index (Phi) is 6.26. The van der Waals surface area contributed by atoms with Crippen LogP contribution in [0.15, 0.2) is 30.3 Å². The van der Waals surface area contributed by atoms with E-state index in [1.54, 1.807) is 0 Å². The zero-order valence-corrected chi connectivity index (χ0v) is 9.83. The van der Waals surface area contributed by atoms with Crippen LogP contribution in [0.3, 0.4) is 0 Å². The Hall–Kier alpha value is -1.35. The molecule has 0 saturated heterocycles. The molecule has 1 amide bonds. The summed E-state index contributed by atoms with van der Waals surface area (Å²) in [5.74, 6) is 0.127. The Morgan fingerprint density at radius 2 is 1.94 bits per heavy atom. The van der Waals surface area contributed by atoms with Crippen molar-refractivity contribution >= 4 is 5.91 Å². The van der Waals surface area contributed by atoms with Crippen LogP contribution >= 0.6 is 0 Å². The molecule has 0 fully saturated rings. The fourth-order valence-electron chi connectivity index (χ4n) is 1.49. The molecule has 16 heavy (non-hydrogen) atoms. The molecule has 0 aliphatic carbocycles. The summed E-state index contributed by atoms with van der Waals surface area (Å²) in [6, 6.07) is 10.3. The van der Waals surface area contributed by atoms with E-state index in [0.29, 0.717) is 6.42 Å². The maximum atomic E-state index is 11.3. The van der Waals surface area contributed by atoms with Gasteiger partial charge in [0, 0.05) is 19.5 Å². The lowest BCUT2D eigenvalue weighted by Gasteiger charge is -2.05. The summed E-state index contributed by atoms with van der Waals surface area (Å²) < 4.78 is 0. The van der Waals surface area contributed by atoms with Gasteiger partial charge in [-0.1, -0.05) is 30.3 Å². The van der Waals surface area contributed by atoms with Crippen LogP contribution in [0, 0.1) is 0 Å². The summed E-state index contributed by atoms with van der Waals surface area (Å²) in [6.07, 6.45) is 2.57. The van der Waals surface area contributed by atoms with E-state index in [1.807, 2.05) is 25.2 Å². The quantitative estimate of drug-likeness (QED) is 0.681. The summed E-state index contributed by atoms with van der Waals surface area (Å²) in [5, 5.41) is 5.86. The summed E-state index contributed by atoms with van der Waals surface area (Å²) in [5.41, 5.74) is 1.33. The van der Waals surface area contributed by atoms with Crippen molar-refractivity contribution in [2.75, 3.05) is 20.1 Å². The minimum atomic E-state index is 0.127. The van der Waals surface area contributed by atoms with E-state index < -0.39 is 0 Å². The Morgan fingerprint density at radius 1 is 1.19 bits per heavy atom. The molecule has 0 bridgehead atoms. The van der Waals surface area contributed by atoms with Gasteiger partial charge in [0.1, 0.15) is 0 Å². The maximum absolute atomic E-state index is 11.3. The van der Waals surface area contributed by atoms with Gasteiger partial charge in [0.2, 0.25) is 5.91 Å². The molecule has 0 unspecified atom stereocenters. The van der Waals surface area contributed by atoms with Gasteiger partial charge < -0.3 is 10.6 Å². The highest BCUT2D eigenvalue weighted by molar-refractivity contribution is 5.75. The fourth-order valence-corrected chi connectivity index (χ4v) is 1.49. The number of carbonyl (C=O) groups is 1. The number of hydrogen-bond acceptors (Lipinski definition) is 2. The van der Waals surface area contributed by atoms with Crippen LogP contribution in [-0.4, -0.2) is 26.0 Å². The third kappa shape index (κ3) is 5.51. The molecular weight excluding hydrogens is 200 g/mol.